The first-order valence-corrected chi connectivity index (χ1v) is 8.84. The van der Waals surface area contributed by atoms with Crippen LogP contribution in [0.5, 0.6) is 11.5 Å². The van der Waals surface area contributed by atoms with Crippen LogP contribution >= 0.6 is 0 Å². The first-order valence-electron chi connectivity index (χ1n) is 8.84. The van der Waals surface area contributed by atoms with E-state index in [9.17, 15) is 14.7 Å². The van der Waals surface area contributed by atoms with Crippen molar-refractivity contribution in [1.82, 2.24) is 0 Å². The molecular weight excluding hydrogens is 344 g/mol. The molecule has 2 aromatic carbocycles. The molecule has 0 spiro atoms. The molecule has 2 aliphatic rings. The molecule has 0 bridgehead atoms. The van der Waals surface area contributed by atoms with E-state index in [1.165, 1.54) is 14.2 Å². The fraction of sp³-hybridized carbons (Fsp3) is 0.273. The van der Waals surface area contributed by atoms with Gasteiger partial charge in [-0.2, -0.15) is 0 Å². The van der Waals surface area contributed by atoms with Crippen molar-refractivity contribution >= 4 is 11.6 Å². The molecule has 2 aromatic rings. The normalized spacial score (nSPS) is 19.4. The second kappa shape index (κ2) is 6.35. The number of fused-ring (bicyclic) bond motifs is 3. The van der Waals surface area contributed by atoms with Crippen molar-refractivity contribution in [3.05, 3.63) is 69.3 Å². The maximum atomic E-state index is 13.3. The number of benzene rings is 2. The third-order valence-corrected chi connectivity index (χ3v) is 5.43. The van der Waals surface area contributed by atoms with Gasteiger partial charge in [-0.1, -0.05) is 35.9 Å². The molecule has 27 heavy (non-hydrogen) atoms. The monoisotopic (exact) mass is 364 g/mol. The van der Waals surface area contributed by atoms with E-state index in [-0.39, 0.29) is 28.4 Å². The van der Waals surface area contributed by atoms with E-state index in [0.29, 0.717) is 40.8 Å². The predicted octanol–water partition coefficient (Wildman–Crippen LogP) is 3.41. The number of aliphatic hydroxyl groups is 1. The lowest BCUT2D eigenvalue weighted by Crippen LogP contribution is -2.26. The maximum absolute atomic E-state index is 13.3. The van der Waals surface area contributed by atoms with E-state index in [1.54, 1.807) is 24.3 Å². The van der Waals surface area contributed by atoms with Crippen LogP contribution in [0.2, 0.25) is 0 Å². The summed E-state index contributed by atoms with van der Waals surface area (Å²) < 4.78 is 11.2. The summed E-state index contributed by atoms with van der Waals surface area (Å²) in [5, 5.41) is 10.8. The Kier molecular flexibility index (Phi) is 4.12. The smallest absolute Gasteiger partial charge is 0.198 e. The van der Waals surface area contributed by atoms with Gasteiger partial charge in [-0.3, -0.25) is 9.59 Å². The molecule has 0 fully saturated rings. The highest BCUT2D eigenvalue weighted by molar-refractivity contribution is 6.30. The molecule has 0 aromatic heterocycles. The number of methoxy groups -OCH3 is 2. The number of carbonyl (C=O) groups is 2. The van der Waals surface area contributed by atoms with Crippen LogP contribution in [-0.4, -0.2) is 30.9 Å². The highest BCUT2D eigenvalue weighted by Gasteiger charge is 2.41. The van der Waals surface area contributed by atoms with Crippen LogP contribution in [0.1, 0.15) is 62.4 Å². The van der Waals surface area contributed by atoms with Crippen LogP contribution in [0.4, 0.5) is 0 Å². The summed E-state index contributed by atoms with van der Waals surface area (Å²) in [5.74, 6) is 0.0745. The van der Waals surface area contributed by atoms with Crippen LogP contribution in [0.25, 0.3) is 0 Å². The van der Waals surface area contributed by atoms with Crippen molar-refractivity contribution in [2.45, 2.75) is 25.9 Å². The Bertz CT molecular complexity index is 1020. The van der Waals surface area contributed by atoms with Gasteiger partial charge in [0.2, 0.25) is 0 Å². The fourth-order valence-electron chi connectivity index (χ4n) is 4.19. The van der Waals surface area contributed by atoms with Gasteiger partial charge >= 0.3 is 0 Å². The molecular formula is C22H20O5. The Labute approximate surface area is 157 Å². The van der Waals surface area contributed by atoms with E-state index in [4.69, 9.17) is 9.47 Å². The number of hydrogen-bond donors (Lipinski definition) is 1. The van der Waals surface area contributed by atoms with Crippen LogP contribution in [0.3, 0.4) is 0 Å². The lowest BCUT2D eigenvalue weighted by atomic mass is 9.76. The van der Waals surface area contributed by atoms with Gasteiger partial charge in [-0.15, -0.1) is 0 Å². The third kappa shape index (κ3) is 2.35. The van der Waals surface area contributed by atoms with Gasteiger partial charge in [0.05, 0.1) is 31.5 Å². The molecule has 0 radical (unpaired) electrons. The summed E-state index contributed by atoms with van der Waals surface area (Å²) in [6.45, 7) is 1.92. The standard InChI is InChI=1S/C22H20O5/c1-4-11-9-14-16(15(23)10-11)22(27-3)18-17(21(14)26-2)19(24)12-7-5-6-8-13(12)20(18)25/h4-8,15,23H,9-10H2,1-3H3/b11-4-/t15-/m1/s1. The van der Waals surface area contributed by atoms with Gasteiger partial charge in [0.1, 0.15) is 11.5 Å². The zero-order valence-corrected chi connectivity index (χ0v) is 15.5. The third-order valence-electron chi connectivity index (χ3n) is 5.43. The summed E-state index contributed by atoms with van der Waals surface area (Å²) in [6.07, 6.45) is 2.13. The summed E-state index contributed by atoms with van der Waals surface area (Å²) in [6, 6.07) is 6.75. The molecule has 0 saturated heterocycles. The Hall–Kier alpha value is -2.92. The van der Waals surface area contributed by atoms with E-state index >= 15 is 0 Å². The zero-order valence-electron chi connectivity index (χ0n) is 15.5. The molecule has 2 aliphatic carbocycles. The Morgan fingerprint density at radius 2 is 1.56 bits per heavy atom. The first-order chi connectivity index (χ1) is 13.0. The molecule has 4 rings (SSSR count). The average Bonchev–Trinajstić information content (AvgIpc) is 2.69. The molecule has 5 nitrogen and oxygen atoms in total. The number of aliphatic hydroxyl groups excluding tert-OH is 1. The molecule has 138 valence electrons. The van der Waals surface area contributed by atoms with Gasteiger partial charge in [-0.05, 0) is 19.8 Å². The minimum absolute atomic E-state index is 0.180. The van der Waals surface area contributed by atoms with Crippen LogP contribution < -0.4 is 9.47 Å². The lowest BCUT2D eigenvalue weighted by Gasteiger charge is -2.31. The van der Waals surface area contributed by atoms with Crippen molar-refractivity contribution in [1.29, 1.82) is 0 Å². The maximum Gasteiger partial charge on any atom is 0.198 e. The highest BCUT2D eigenvalue weighted by Crippen LogP contribution is 2.49. The molecule has 5 heteroatoms. The number of carbonyl (C=O) groups excluding carboxylic acids is 2. The van der Waals surface area contributed by atoms with Crippen molar-refractivity contribution in [3.8, 4) is 11.5 Å². The molecule has 0 unspecified atom stereocenters. The van der Waals surface area contributed by atoms with Crippen molar-refractivity contribution in [2.75, 3.05) is 14.2 Å². The van der Waals surface area contributed by atoms with Gasteiger partial charge in [0, 0.05) is 22.3 Å². The number of allylic oxidation sites excluding steroid dienone is 1. The second-order valence-corrected chi connectivity index (χ2v) is 6.76. The minimum atomic E-state index is -0.825. The van der Waals surface area contributed by atoms with Crippen molar-refractivity contribution < 1.29 is 24.2 Å². The average molecular weight is 364 g/mol. The van der Waals surface area contributed by atoms with Gasteiger partial charge in [0.25, 0.3) is 0 Å². The fourth-order valence-corrected chi connectivity index (χ4v) is 4.19. The van der Waals surface area contributed by atoms with Crippen LogP contribution in [0, 0.1) is 0 Å². The summed E-state index contributed by atoms with van der Waals surface area (Å²) in [4.78, 5) is 26.5. The summed E-state index contributed by atoms with van der Waals surface area (Å²) in [5.41, 5.74) is 3.40. The Balaban J connectivity index is 2.12. The SMILES string of the molecule is C/C=C1/Cc2c(OC)c3c(c(OC)c2[C@H](O)C1)C(=O)c1ccccc1C3=O. The number of rotatable bonds is 2. The highest BCUT2D eigenvalue weighted by atomic mass is 16.5. The van der Waals surface area contributed by atoms with Crippen LogP contribution in [0.15, 0.2) is 35.9 Å². The second-order valence-electron chi connectivity index (χ2n) is 6.76. The lowest BCUT2D eigenvalue weighted by molar-refractivity contribution is 0.0971. The first kappa shape index (κ1) is 17.5. The van der Waals surface area contributed by atoms with Crippen LogP contribution in [-0.2, 0) is 6.42 Å². The summed E-state index contributed by atoms with van der Waals surface area (Å²) in [7, 11) is 2.94. The topological polar surface area (TPSA) is 72.8 Å². The van der Waals surface area contributed by atoms with E-state index in [0.717, 1.165) is 5.57 Å². The van der Waals surface area contributed by atoms with E-state index < -0.39 is 6.10 Å². The molecule has 0 saturated carbocycles. The zero-order chi connectivity index (χ0) is 19.3. The van der Waals surface area contributed by atoms with Gasteiger partial charge < -0.3 is 14.6 Å². The molecule has 0 heterocycles. The summed E-state index contributed by atoms with van der Waals surface area (Å²) >= 11 is 0. The largest absolute Gasteiger partial charge is 0.496 e. The number of ketones is 2. The molecule has 0 amide bonds. The van der Waals surface area contributed by atoms with Gasteiger partial charge in [-0.25, -0.2) is 0 Å². The molecule has 1 atom stereocenters. The Morgan fingerprint density at radius 3 is 2.07 bits per heavy atom. The van der Waals surface area contributed by atoms with Crippen molar-refractivity contribution in [3.63, 3.8) is 0 Å². The Morgan fingerprint density at radius 1 is 1.00 bits per heavy atom. The van der Waals surface area contributed by atoms with Gasteiger partial charge in [0.15, 0.2) is 11.6 Å². The van der Waals surface area contributed by atoms with E-state index in [1.807, 2.05) is 13.0 Å². The van der Waals surface area contributed by atoms with E-state index in [2.05, 4.69) is 0 Å². The number of hydrogen-bond acceptors (Lipinski definition) is 5. The molecule has 1 N–H and O–H groups in total. The quantitative estimate of drug-likeness (QED) is 0.706. The van der Waals surface area contributed by atoms with Crippen molar-refractivity contribution in [2.24, 2.45) is 0 Å². The minimum Gasteiger partial charge on any atom is -0.496 e. The molecule has 0 aliphatic heterocycles. The predicted molar refractivity (Wildman–Crippen MR) is 99.9 cm³/mol. The number of ether oxygens (including phenoxy) is 2.